The Morgan fingerprint density at radius 2 is 1.42 bits per heavy atom. The Balaban J connectivity index is 2.74. The molecule has 2 rings (SSSR count). The molecule has 0 N–H and O–H groups in total. The van der Waals surface area contributed by atoms with Crippen LogP contribution in [0.4, 0.5) is 0 Å². The van der Waals surface area contributed by atoms with E-state index in [2.05, 4.69) is 0 Å². The molecule has 0 radical (unpaired) electrons. The van der Waals surface area contributed by atoms with Gasteiger partial charge in [-0.05, 0) is 29.7 Å². The summed E-state index contributed by atoms with van der Waals surface area (Å²) in [6.07, 6.45) is 0. The van der Waals surface area contributed by atoms with Gasteiger partial charge in [0.2, 0.25) is 0 Å². The topological polar surface area (TPSA) is 88.1 Å². The van der Waals surface area contributed by atoms with Gasteiger partial charge in [-0.15, -0.1) is 0 Å². The van der Waals surface area contributed by atoms with Crippen LogP contribution < -0.4 is 14.2 Å². The summed E-state index contributed by atoms with van der Waals surface area (Å²) in [5.74, 6) is -1.02. The van der Waals surface area contributed by atoms with Crippen molar-refractivity contribution < 1.29 is 33.3 Å². The van der Waals surface area contributed by atoms with Crippen LogP contribution in [0.25, 0.3) is 10.8 Å². The van der Waals surface area contributed by atoms with Crippen LogP contribution in [0.2, 0.25) is 0 Å². The van der Waals surface area contributed by atoms with Gasteiger partial charge in [-0.1, -0.05) is 0 Å². The Kier molecular flexibility index (Phi) is 5.03. The summed E-state index contributed by atoms with van der Waals surface area (Å²) in [5.41, 5.74) is 0.212. The molecule has 24 heavy (non-hydrogen) atoms. The number of esters is 3. The highest BCUT2D eigenvalue weighted by Crippen LogP contribution is 2.37. The SMILES string of the molecule is COC(=O)c1cc(OC(C)=O)c2cc(OC(C)=O)c(OC)cc2c1. The number of carbonyl (C=O) groups is 3. The van der Waals surface area contributed by atoms with Crippen molar-refractivity contribution in [2.75, 3.05) is 14.2 Å². The number of methoxy groups -OCH3 is 2. The molecular formula is C17H16O7. The standard InChI is InChI=1S/C17H16O7/c1-9(18)23-14-7-12(17(20)22-4)5-11-6-15(21-3)16(8-13(11)14)24-10(2)19/h5-8H,1-4H3. The number of fused-ring (bicyclic) bond motifs is 1. The van der Waals surface area contributed by atoms with Crippen molar-refractivity contribution in [3.63, 3.8) is 0 Å². The molecule has 0 aromatic heterocycles. The van der Waals surface area contributed by atoms with Gasteiger partial charge in [0.25, 0.3) is 0 Å². The zero-order valence-electron chi connectivity index (χ0n) is 13.7. The highest BCUT2D eigenvalue weighted by molar-refractivity contribution is 6.00. The minimum Gasteiger partial charge on any atom is -0.493 e. The Morgan fingerprint density at radius 1 is 0.792 bits per heavy atom. The van der Waals surface area contributed by atoms with E-state index in [1.54, 1.807) is 12.1 Å². The van der Waals surface area contributed by atoms with E-state index in [0.717, 1.165) is 0 Å². The first-order valence-corrected chi connectivity index (χ1v) is 6.96. The third-order valence-corrected chi connectivity index (χ3v) is 3.13. The van der Waals surface area contributed by atoms with E-state index in [1.807, 2.05) is 0 Å². The molecule has 7 heteroatoms. The molecule has 2 aromatic carbocycles. The number of carbonyl (C=O) groups excluding carboxylic acids is 3. The minimum absolute atomic E-state index is 0.149. The molecule has 0 saturated carbocycles. The van der Waals surface area contributed by atoms with Crippen molar-refractivity contribution in [1.82, 2.24) is 0 Å². The van der Waals surface area contributed by atoms with Crippen LogP contribution in [-0.4, -0.2) is 32.1 Å². The Bertz CT molecular complexity index is 823. The molecule has 0 aliphatic rings. The van der Waals surface area contributed by atoms with E-state index in [4.69, 9.17) is 18.9 Å². The molecule has 0 spiro atoms. The van der Waals surface area contributed by atoms with Crippen LogP contribution in [0.3, 0.4) is 0 Å². The summed E-state index contributed by atoms with van der Waals surface area (Å²) < 4.78 is 20.2. The molecule has 7 nitrogen and oxygen atoms in total. The van der Waals surface area contributed by atoms with E-state index >= 15 is 0 Å². The minimum atomic E-state index is -0.576. The van der Waals surface area contributed by atoms with Crippen LogP contribution in [-0.2, 0) is 14.3 Å². The van der Waals surface area contributed by atoms with Crippen molar-refractivity contribution in [2.45, 2.75) is 13.8 Å². The average molecular weight is 332 g/mol. The maximum Gasteiger partial charge on any atom is 0.338 e. The van der Waals surface area contributed by atoms with Crippen LogP contribution in [0, 0.1) is 0 Å². The Labute approximate surface area is 138 Å². The van der Waals surface area contributed by atoms with Gasteiger partial charge in [0.05, 0.1) is 19.8 Å². The van der Waals surface area contributed by atoms with Gasteiger partial charge in [0, 0.05) is 19.2 Å². The lowest BCUT2D eigenvalue weighted by molar-refractivity contribution is -0.132. The zero-order valence-corrected chi connectivity index (χ0v) is 13.7. The van der Waals surface area contributed by atoms with Gasteiger partial charge in [-0.25, -0.2) is 4.79 Å². The van der Waals surface area contributed by atoms with Gasteiger partial charge in [-0.2, -0.15) is 0 Å². The Hall–Kier alpha value is -3.09. The first kappa shape index (κ1) is 17.3. The highest BCUT2D eigenvalue weighted by Gasteiger charge is 2.17. The summed E-state index contributed by atoms with van der Waals surface area (Å²) >= 11 is 0. The van der Waals surface area contributed by atoms with Crippen molar-refractivity contribution in [2.24, 2.45) is 0 Å². The van der Waals surface area contributed by atoms with E-state index in [1.165, 1.54) is 40.2 Å². The maximum absolute atomic E-state index is 11.8. The van der Waals surface area contributed by atoms with Gasteiger partial charge in [0.15, 0.2) is 11.5 Å². The average Bonchev–Trinajstić information content (AvgIpc) is 2.52. The van der Waals surface area contributed by atoms with Crippen LogP contribution >= 0.6 is 0 Å². The first-order chi connectivity index (χ1) is 11.3. The molecular weight excluding hydrogens is 316 g/mol. The molecule has 0 aliphatic carbocycles. The largest absolute Gasteiger partial charge is 0.493 e. The van der Waals surface area contributed by atoms with Gasteiger partial charge >= 0.3 is 17.9 Å². The van der Waals surface area contributed by atoms with Crippen molar-refractivity contribution in [3.8, 4) is 17.2 Å². The molecule has 0 heterocycles. The van der Waals surface area contributed by atoms with Gasteiger partial charge in [-0.3, -0.25) is 9.59 Å². The Morgan fingerprint density at radius 3 is 1.96 bits per heavy atom. The lowest BCUT2D eigenvalue weighted by atomic mass is 10.0. The highest BCUT2D eigenvalue weighted by atomic mass is 16.6. The number of hydrogen-bond acceptors (Lipinski definition) is 7. The van der Waals surface area contributed by atoms with E-state index < -0.39 is 17.9 Å². The maximum atomic E-state index is 11.8. The summed E-state index contributed by atoms with van der Waals surface area (Å²) in [6.45, 7) is 2.50. The van der Waals surface area contributed by atoms with Crippen molar-refractivity contribution in [3.05, 3.63) is 29.8 Å². The van der Waals surface area contributed by atoms with E-state index in [0.29, 0.717) is 16.5 Å². The van der Waals surface area contributed by atoms with E-state index in [9.17, 15) is 14.4 Å². The lowest BCUT2D eigenvalue weighted by Crippen LogP contribution is -2.07. The number of hydrogen-bond donors (Lipinski definition) is 0. The molecule has 0 bridgehead atoms. The molecule has 126 valence electrons. The first-order valence-electron chi connectivity index (χ1n) is 6.96. The molecule has 0 saturated heterocycles. The molecule has 2 aromatic rings. The van der Waals surface area contributed by atoms with Gasteiger partial charge < -0.3 is 18.9 Å². The van der Waals surface area contributed by atoms with Crippen LogP contribution in [0.1, 0.15) is 24.2 Å². The monoisotopic (exact) mass is 332 g/mol. The fraction of sp³-hybridized carbons (Fsp3) is 0.235. The summed E-state index contributed by atoms with van der Waals surface area (Å²) in [6, 6.07) is 6.04. The second-order valence-electron chi connectivity index (χ2n) is 4.88. The molecule has 0 fully saturated rings. The summed E-state index contributed by atoms with van der Waals surface area (Å²) in [4.78, 5) is 34.4. The third-order valence-electron chi connectivity index (χ3n) is 3.13. The zero-order chi connectivity index (χ0) is 17.9. The molecule has 0 amide bonds. The second-order valence-corrected chi connectivity index (χ2v) is 4.88. The predicted octanol–water partition coefficient (Wildman–Crippen LogP) is 2.49. The number of rotatable bonds is 4. The number of ether oxygens (including phenoxy) is 4. The fourth-order valence-corrected chi connectivity index (χ4v) is 2.21. The smallest absolute Gasteiger partial charge is 0.338 e. The van der Waals surface area contributed by atoms with E-state index in [-0.39, 0.29) is 17.1 Å². The second kappa shape index (κ2) is 6.99. The van der Waals surface area contributed by atoms with Crippen LogP contribution in [0.15, 0.2) is 24.3 Å². The predicted molar refractivity (Wildman–Crippen MR) is 84.5 cm³/mol. The van der Waals surface area contributed by atoms with Crippen LogP contribution in [0.5, 0.6) is 17.2 Å². The molecule has 0 atom stereocenters. The van der Waals surface area contributed by atoms with Crippen molar-refractivity contribution in [1.29, 1.82) is 0 Å². The lowest BCUT2D eigenvalue weighted by Gasteiger charge is -2.13. The van der Waals surface area contributed by atoms with Crippen molar-refractivity contribution >= 4 is 28.7 Å². The fourth-order valence-electron chi connectivity index (χ4n) is 2.21. The van der Waals surface area contributed by atoms with Gasteiger partial charge in [0.1, 0.15) is 5.75 Å². The third kappa shape index (κ3) is 3.62. The quantitative estimate of drug-likeness (QED) is 0.628. The number of benzene rings is 2. The summed E-state index contributed by atoms with van der Waals surface area (Å²) in [5, 5.41) is 1.04. The normalized spacial score (nSPS) is 10.2. The summed E-state index contributed by atoms with van der Waals surface area (Å²) in [7, 11) is 2.67. The molecule has 0 unspecified atom stereocenters. The molecule has 0 aliphatic heterocycles.